The molecule has 16 heavy (non-hydrogen) atoms. The van der Waals surface area contributed by atoms with Crippen LogP contribution in [0.25, 0.3) is 0 Å². The zero-order valence-electron chi connectivity index (χ0n) is 8.52. The second-order valence-corrected chi connectivity index (χ2v) is 3.23. The van der Waals surface area contributed by atoms with Crippen LogP contribution >= 0.6 is 0 Å². The van der Waals surface area contributed by atoms with Crippen molar-refractivity contribution in [1.82, 2.24) is 0 Å². The van der Waals surface area contributed by atoms with E-state index < -0.39 is 36.0 Å². The molecular weight excluding hydrogens is 220 g/mol. The minimum Gasteiger partial charge on any atom is -0.509 e. The van der Waals surface area contributed by atoms with E-state index in [1.807, 2.05) is 0 Å². The molecule has 0 saturated heterocycles. The summed E-state index contributed by atoms with van der Waals surface area (Å²) in [4.78, 5) is 20.6. The van der Waals surface area contributed by atoms with Crippen LogP contribution in [0.5, 0.6) is 0 Å². The highest BCUT2D eigenvalue weighted by molar-refractivity contribution is 5.87. The fourth-order valence-corrected chi connectivity index (χ4v) is 0.938. The topological polar surface area (TPSA) is 135 Å². The van der Waals surface area contributed by atoms with Crippen molar-refractivity contribution in [2.24, 2.45) is 0 Å². The quantitative estimate of drug-likeness (QED) is 0.197. The maximum absolute atomic E-state index is 10.5. The molecule has 0 aromatic heterocycles. The average molecular weight is 234 g/mol. The predicted molar refractivity (Wildman–Crippen MR) is 51.5 cm³/mol. The number of allylic oxidation sites excluding steroid dienone is 1. The van der Waals surface area contributed by atoms with Gasteiger partial charge in [0.1, 0.15) is 30.2 Å². The van der Waals surface area contributed by atoms with Crippen LogP contribution in [0, 0.1) is 0 Å². The SMILES string of the molecule is CC(=O)C=C(O)C(O)C(O)C(O)C(O)C=O. The molecule has 0 saturated carbocycles. The zero-order chi connectivity index (χ0) is 12.9. The van der Waals surface area contributed by atoms with Gasteiger partial charge in [-0.05, 0) is 6.92 Å². The van der Waals surface area contributed by atoms with Crippen molar-refractivity contribution >= 4 is 12.1 Å². The third-order valence-corrected chi connectivity index (χ3v) is 1.82. The molecule has 0 fully saturated rings. The lowest BCUT2D eigenvalue weighted by Crippen LogP contribution is -2.45. The van der Waals surface area contributed by atoms with Gasteiger partial charge in [-0.3, -0.25) is 4.79 Å². The largest absolute Gasteiger partial charge is 0.509 e. The Balaban J connectivity index is 4.66. The predicted octanol–water partition coefficient (Wildman–Crippen LogP) is -2.34. The smallest absolute Gasteiger partial charge is 0.156 e. The van der Waals surface area contributed by atoms with Crippen molar-refractivity contribution in [1.29, 1.82) is 0 Å². The van der Waals surface area contributed by atoms with E-state index in [2.05, 4.69) is 0 Å². The molecule has 0 aliphatic heterocycles. The average Bonchev–Trinajstić information content (AvgIpc) is 2.23. The van der Waals surface area contributed by atoms with Crippen LogP contribution in [-0.4, -0.2) is 62.0 Å². The standard InChI is InChI=1S/C9H14O7/c1-4(11)2-5(12)7(14)9(16)8(15)6(13)3-10/h2-3,6-9,12-16H,1H3. The molecule has 0 aliphatic rings. The Kier molecular flexibility index (Phi) is 5.83. The summed E-state index contributed by atoms with van der Waals surface area (Å²) in [6, 6.07) is 0. The van der Waals surface area contributed by atoms with Gasteiger partial charge >= 0.3 is 0 Å². The molecule has 0 amide bonds. The number of hydrogen-bond donors (Lipinski definition) is 5. The third kappa shape index (κ3) is 4.07. The van der Waals surface area contributed by atoms with Gasteiger partial charge in [0.25, 0.3) is 0 Å². The lowest BCUT2D eigenvalue weighted by atomic mass is 10.0. The minimum atomic E-state index is -1.99. The molecule has 4 atom stereocenters. The van der Waals surface area contributed by atoms with Gasteiger partial charge in [0.15, 0.2) is 12.1 Å². The highest BCUT2D eigenvalue weighted by Crippen LogP contribution is 2.10. The molecular formula is C9H14O7. The highest BCUT2D eigenvalue weighted by atomic mass is 16.4. The van der Waals surface area contributed by atoms with Gasteiger partial charge in [-0.2, -0.15) is 0 Å². The molecule has 7 heteroatoms. The number of hydrogen-bond acceptors (Lipinski definition) is 7. The molecule has 0 rings (SSSR count). The summed E-state index contributed by atoms with van der Waals surface area (Å²) in [5.41, 5.74) is 0. The van der Waals surface area contributed by atoms with Crippen molar-refractivity contribution in [2.75, 3.05) is 0 Å². The molecule has 0 aromatic rings. The molecule has 0 spiro atoms. The van der Waals surface area contributed by atoms with E-state index in [1.165, 1.54) is 0 Å². The summed E-state index contributed by atoms with van der Waals surface area (Å²) in [7, 11) is 0. The normalized spacial score (nSPS) is 19.7. The van der Waals surface area contributed by atoms with E-state index in [0.717, 1.165) is 6.92 Å². The van der Waals surface area contributed by atoms with Crippen molar-refractivity contribution < 1.29 is 35.1 Å². The van der Waals surface area contributed by atoms with E-state index in [4.69, 9.17) is 15.3 Å². The van der Waals surface area contributed by atoms with Crippen molar-refractivity contribution in [3.05, 3.63) is 11.8 Å². The first-order chi connectivity index (χ1) is 7.31. The van der Waals surface area contributed by atoms with Crippen molar-refractivity contribution in [2.45, 2.75) is 31.3 Å². The molecule has 0 heterocycles. The van der Waals surface area contributed by atoms with E-state index >= 15 is 0 Å². The summed E-state index contributed by atoms with van der Waals surface area (Å²) < 4.78 is 0. The van der Waals surface area contributed by atoms with E-state index in [1.54, 1.807) is 0 Å². The first-order valence-electron chi connectivity index (χ1n) is 4.40. The molecule has 92 valence electrons. The first-order valence-corrected chi connectivity index (χ1v) is 4.40. The Morgan fingerprint density at radius 1 is 1.12 bits per heavy atom. The third-order valence-electron chi connectivity index (χ3n) is 1.82. The van der Waals surface area contributed by atoms with Gasteiger partial charge < -0.3 is 30.3 Å². The fraction of sp³-hybridized carbons (Fsp3) is 0.556. The summed E-state index contributed by atoms with van der Waals surface area (Å²) in [5, 5.41) is 45.6. The van der Waals surface area contributed by atoms with Gasteiger partial charge in [0, 0.05) is 6.08 Å². The maximum Gasteiger partial charge on any atom is 0.156 e. The maximum atomic E-state index is 10.5. The van der Waals surface area contributed by atoms with Crippen LogP contribution in [0.4, 0.5) is 0 Å². The van der Waals surface area contributed by atoms with Gasteiger partial charge in [0.05, 0.1) is 0 Å². The summed E-state index contributed by atoms with van der Waals surface area (Å²) >= 11 is 0. The monoisotopic (exact) mass is 234 g/mol. The second-order valence-electron chi connectivity index (χ2n) is 3.23. The van der Waals surface area contributed by atoms with Crippen LogP contribution < -0.4 is 0 Å². The van der Waals surface area contributed by atoms with Crippen LogP contribution in [0.3, 0.4) is 0 Å². The zero-order valence-corrected chi connectivity index (χ0v) is 8.52. The highest BCUT2D eigenvalue weighted by Gasteiger charge is 2.32. The fourth-order valence-electron chi connectivity index (χ4n) is 0.938. The Labute approximate surface area is 91.3 Å². The Bertz CT molecular complexity index is 286. The lowest BCUT2D eigenvalue weighted by molar-refractivity contribution is -0.133. The van der Waals surface area contributed by atoms with Crippen LogP contribution in [0.15, 0.2) is 11.8 Å². The Morgan fingerprint density at radius 3 is 2.00 bits per heavy atom. The Morgan fingerprint density at radius 2 is 1.62 bits per heavy atom. The van der Waals surface area contributed by atoms with E-state index in [9.17, 15) is 19.8 Å². The molecule has 0 aromatic carbocycles. The van der Waals surface area contributed by atoms with Gasteiger partial charge in [-0.1, -0.05) is 0 Å². The molecule has 4 unspecified atom stereocenters. The van der Waals surface area contributed by atoms with E-state index in [-0.39, 0.29) is 6.29 Å². The number of carbonyl (C=O) groups is 2. The number of aliphatic hydroxyl groups excluding tert-OH is 5. The molecule has 0 aliphatic carbocycles. The first kappa shape index (κ1) is 14.7. The summed E-state index contributed by atoms with van der Waals surface area (Å²) in [5.74, 6) is -1.44. The molecule has 0 bridgehead atoms. The van der Waals surface area contributed by atoms with Crippen molar-refractivity contribution in [3.8, 4) is 0 Å². The molecule has 5 N–H and O–H groups in total. The molecule has 7 nitrogen and oxygen atoms in total. The minimum absolute atomic E-state index is 0.0354. The number of rotatable bonds is 6. The number of aldehydes is 1. The lowest BCUT2D eigenvalue weighted by Gasteiger charge is -2.23. The van der Waals surface area contributed by atoms with Crippen LogP contribution in [0.1, 0.15) is 6.92 Å². The number of ketones is 1. The van der Waals surface area contributed by atoms with Gasteiger partial charge in [-0.25, -0.2) is 0 Å². The Hall–Kier alpha value is -1.28. The van der Waals surface area contributed by atoms with Crippen LogP contribution in [0.2, 0.25) is 0 Å². The molecule has 0 radical (unpaired) electrons. The number of aliphatic hydroxyl groups is 5. The second kappa shape index (κ2) is 6.33. The van der Waals surface area contributed by atoms with Crippen LogP contribution in [-0.2, 0) is 9.59 Å². The van der Waals surface area contributed by atoms with Crippen molar-refractivity contribution in [3.63, 3.8) is 0 Å². The number of carbonyl (C=O) groups excluding carboxylic acids is 2. The van der Waals surface area contributed by atoms with Gasteiger partial charge in [0.2, 0.25) is 0 Å². The van der Waals surface area contributed by atoms with Gasteiger partial charge in [-0.15, -0.1) is 0 Å². The van der Waals surface area contributed by atoms with E-state index in [0.29, 0.717) is 6.08 Å². The summed E-state index contributed by atoms with van der Waals surface area (Å²) in [6.45, 7) is 1.10. The summed E-state index contributed by atoms with van der Waals surface area (Å²) in [6.07, 6.45) is -7.20.